The minimum Gasteiger partial charge on any atom is -0.481 e. The molecule has 1 aromatic carbocycles. The van der Waals surface area contributed by atoms with Gasteiger partial charge in [-0.25, -0.2) is 0 Å². The van der Waals surface area contributed by atoms with Crippen LogP contribution in [0.15, 0.2) is 18.2 Å². The molecule has 1 heterocycles. The average Bonchev–Trinajstić information content (AvgIpc) is 2.32. The monoisotopic (exact) mass is 267 g/mol. The van der Waals surface area contributed by atoms with Gasteiger partial charge in [0.1, 0.15) is 0 Å². The van der Waals surface area contributed by atoms with Crippen LogP contribution < -0.4 is 4.90 Å². The third-order valence-corrected chi connectivity index (χ3v) is 3.75. The molecule has 98 valence electrons. The molecule has 0 aliphatic carbocycles. The summed E-state index contributed by atoms with van der Waals surface area (Å²) in [5.74, 6) is -0.730. The molecule has 0 amide bonds. The van der Waals surface area contributed by atoms with Crippen molar-refractivity contribution in [3.63, 3.8) is 0 Å². The molecule has 0 aromatic heterocycles. The smallest absolute Gasteiger partial charge is 0.305 e. The largest absolute Gasteiger partial charge is 0.481 e. The summed E-state index contributed by atoms with van der Waals surface area (Å²) in [6.45, 7) is 2.96. The molecule has 1 aliphatic rings. The molecule has 1 saturated heterocycles. The van der Waals surface area contributed by atoms with E-state index in [4.69, 9.17) is 16.7 Å². The third-order valence-electron chi connectivity index (χ3n) is 3.52. The maximum absolute atomic E-state index is 10.9. The van der Waals surface area contributed by atoms with Crippen LogP contribution in [0.1, 0.15) is 31.2 Å². The molecule has 1 unspecified atom stereocenters. The van der Waals surface area contributed by atoms with Gasteiger partial charge in [0.25, 0.3) is 0 Å². The molecule has 18 heavy (non-hydrogen) atoms. The Kier molecular flexibility index (Phi) is 4.12. The normalized spacial score (nSPS) is 19.9. The van der Waals surface area contributed by atoms with Gasteiger partial charge >= 0.3 is 5.97 Å². The van der Waals surface area contributed by atoms with Crippen LogP contribution in [0.5, 0.6) is 0 Å². The predicted octanol–water partition coefficient (Wildman–Crippen LogP) is 3.48. The van der Waals surface area contributed by atoms with Gasteiger partial charge in [-0.1, -0.05) is 17.7 Å². The average molecular weight is 268 g/mol. The Balaban J connectivity index is 2.27. The summed E-state index contributed by atoms with van der Waals surface area (Å²) in [5, 5.41) is 9.71. The van der Waals surface area contributed by atoms with Crippen LogP contribution in [-0.2, 0) is 4.79 Å². The van der Waals surface area contributed by atoms with Gasteiger partial charge in [0, 0.05) is 23.3 Å². The number of nitrogens with zero attached hydrogens (tertiary/aromatic N) is 1. The topological polar surface area (TPSA) is 40.5 Å². The molecule has 1 N–H and O–H groups in total. The number of carbonyl (C=O) groups is 1. The predicted molar refractivity (Wildman–Crippen MR) is 73.4 cm³/mol. The zero-order valence-electron chi connectivity index (χ0n) is 10.5. The first kappa shape index (κ1) is 13.2. The van der Waals surface area contributed by atoms with Crippen molar-refractivity contribution in [3.8, 4) is 0 Å². The second-order valence-corrected chi connectivity index (χ2v) is 5.31. The number of carboxylic acids is 1. The quantitative estimate of drug-likeness (QED) is 0.911. The summed E-state index contributed by atoms with van der Waals surface area (Å²) in [4.78, 5) is 13.2. The van der Waals surface area contributed by atoms with Crippen LogP contribution in [0.4, 0.5) is 5.69 Å². The number of anilines is 1. The number of hydrogen-bond donors (Lipinski definition) is 1. The van der Waals surface area contributed by atoms with Crippen molar-refractivity contribution in [2.45, 2.75) is 38.6 Å². The Hall–Kier alpha value is -1.22. The van der Waals surface area contributed by atoms with E-state index in [0.29, 0.717) is 5.02 Å². The van der Waals surface area contributed by atoms with Crippen molar-refractivity contribution in [1.82, 2.24) is 0 Å². The first-order valence-electron chi connectivity index (χ1n) is 6.32. The molecule has 4 heteroatoms. The van der Waals surface area contributed by atoms with E-state index < -0.39 is 5.97 Å². The van der Waals surface area contributed by atoms with E-state index in [-0.39, 0.29) is 12.5 Å². The molecule has 0 bridgehead atoms. The van der Waals surface area contributed by atoms with Crippen molar-refractivity contribution in [2.75, 3.05) is 11.4 Å². The van der Waals surface area contributed by atoms with Crippen molar-refractivity contribution in [2.24, 2.45) is 0 Å². The lowest BCUT2D eigenvalue weighted by molar-refractivity contribution is -0.137. The third kappa shape index (κ3) is 2.96. The molecular weight excluding hydrogens is 250 g/mol. The summed E-state index contributed by atoms with van der Waals surface area (Å²) in [6, 6.07) is 5.89. The lowest BCUT2D eigenvalue weighted by Crippen LogP contribution is -2.41. The van der Waals surface area contributed by atoms with Gasteiger partial charge in [0.05, 0.1) is 6.42 Å². The fourth-order valence-corrected chi connectivity index (χ4v) is 2.79. The minimum atomic E-state index is -0.730. The van der Waals surface area contributed by atoms with Crippen LogP contribution in [0.25, 0.3) is 0 Å². The first-order chi connectivity index (χ1) is 8.58. The molecule has 0 saturated carbocycles. The van der Waals surface area contributed by atoms with Gasteiger partial charge in [0.15, 0.2) is 0 Å². The van der Waals surface area contributed by atoms with Gasteiger partial charge < -0.3 is 10.0 Å². The van der Waals surface area contributed by atoms with E-state index in [9.17, 15) is 4.79 Å². The van der Waals surface area contributed by atoms with Gasteiger partial charge in [-0.2, -0.15) is 0 Å². The zero-order valence-corrected chi connectivity index (χ0v) is 11.3. The maximum Gasteiger partial charge on any atom is 0.305 e. The van der Waals surface area contributed by atoms with E-state index in [1.54, 1.807) is 0 Å². The number of aryl methyl sites for hydroxylation is 1. The second-order valence-electron chi connectivity index (χ2n) is 4.87. The number of piperidine rings is 1. The van der Waals surface area contributed by atoms with Crippen LogP contribution in [-0.4, -0.2) is 23.7 Å². The number of benzene rings is 1. The summed E-state index contributed by atoms with van der Waals surface area (Å²) >= 11 is 6.05. The highest BCUT2D eigenvalue weighted by Crippen LogP contribution is 2.31. The molecule has 0 radical (unpaired) electrons. The molecule has 1 atom stereocenters. The molecule has 0 spiro atoms. The van der Waals surface area contributed by atoms with E-state index in [1.807, 2.05) is 25.1 Å². The van der Waals surface area contributed by atoms with Crippen LogP contribution in [0, 0.1) is 6.92 Å². The zero-order chi connectivity index (χ0) is 13.1. The number of aliphatic carboxylic acids is 1. The van der Waals surface area contributed by atoms with Crippen molar-refractivity contribution < 1.29 is 9.90 Å². The number of hydrogen-bond acceptors (Lipinski definition) is 2. The lowest BCUT2D eigenvalue weighted by atomic mass is 9.97. The maximum atomic E-state index is 10.9. The van der Waals surface area contributed by atoms with Crippen LogP contribution >= 0.6 is 11.6 Å². The van der Waals surface area contributed by atoms with Gasteiger partial charge in [-0.05, 0) is 43.9 Å². The standard InChI is InChI=1S/C14H18ClNO2/c1-10-5-6-11(15)8-13(10)16-7-3-2-4-12(16)9-14(17)18/h5-6,8,12H,2-4,7,9H2,1H3,(H,17,18). The highest BCUT2D eigenvalue weighted by atomic mass is 35.5. The summed E-state index contributed by atoms with van der Waals surface area (Å²) in [7, 11) is 0. The highest BCUT2D eigenvalue weighted by Gasteiger charge is 2.25. The van der Waals surface area contributed by atoms with E-state index >= 15 is 0 Å². The Morgan fingerprint density at radius 3 is 3.00 bits per heavy atom. The van der Waals surface area contributed by atoms with Gasteiger partial charge in [-0.3, -0.25) is 4.79 Å². The molecule has 1 aliphatic heterocycles. The molecule has 1 aromatic rings. The Bertz CT molecular complexity index is 447. The Morgan fingerprint density at radius 2 is 2.28 bits per heavy atom. The van der Waals surface area contributed by atoms with Gasteiger partial charge in [0.2, 0.25) is 0 Å². The number of rotatable bonds is 3. The highest BCUT2D eigenvalue weighted by molar-refractivity contribution is 6.30. The second kappa shape index (κ2) is 5.61. The molecular formula is C14H18ClNO2. The Morgan fingerprint density at radius 1 is 1.50 bits per heavy atom. The first-order valence-corrected chi connectivity index (χ1v) is 6.70. The van der Waals surface area contributed by atoms with E-state index in [2.05, 4.69) is 4.90 Å². The summed E-state index contributed by atoms with van der Waals surface area (Å²) in [6.07, 6.45) is 3.36. The van der Waals surface area contributed by atoms with Crippen LogP contribution in [0.3, 0.4) is 0 Å². The number of carboxylic acid groups (broad SMARTS) is 1. The molecule has 1 fully saturated rings. The fourth-order valence-electron chi connectivity index (χ4n) is 2.62. The minimum absolute atomic E-state index is 0.0911. The Labute approximate surface area is 112 Å². The summed E-state index contributed by atoms with van der Waals surface area (Å²) < 4.78 is 0. The van der Waals surface area contributed by atoms with Crippen LogP contribution in [0.2, 0.25) is 5.02 Å². The number of halogens is 1. The SMILES string of the molecule is Cc1ccc(Cl)cc1N1CCCCC1CC(=O)O. The molecule has 2 rings (SSSR count). The van der Waals surface area contributed by atoms with Crippen molar-refractivity contribution in [1.29, 1.82) is 0 Å². The lowest BCUT2D eigenvalue weighted by Gasteiger charge is -2.37. The van der Waals surface area contributed by atoms with Crippen molar-refractivity contribution in [3.05, 3.63) is 28.8 Å². The summed E-state index contributed by atoms with van der Waals surface area (Å²) in [5.41, 5.74) is 2.23. The van der Waals surface area contributed by atoms with Gasteiger partial charge in [-0.15, -0.1) is 0 Å². The fraction of sp³-hybridized carbons (Fsp3) is 0.500. The van der Waals surface area contributed by atoms with Crippen molar-refractivity contribution >= 4 is 23.3 Å². The van der Waals surface area contributed by atoms with E-state index in [0.717, 1.165) is 37.1 Å². The molecule has 3 nitrogen and oxygen atoms in total. The van der Waals surface area contributed by atoms with E-state index in [1.165, 1.54) is 0 Å².